The van der Waals surface area contributed by atoms with Gasteiger partial charge in [0, 0.05) is 16.9 Å². The summed E-state index contributed by atoms with van der Waals surface area (Å²) in [6, 6.07) is 10.1. The summed E-state index contributed by atoms with van der Waals surface area (Å²) in [6.07, 6.45) is -0.458. The molecular weight excluding hydrogens is 258 g/mol. The Kier molecular flexibility index (Phi) is 4.28. The van der Waals surface area contributed by atoms with Crippen LogP contribution in [0.15, 0.2) is 41.8 Å². The predicted octanol–water partition coefficient (Wildman–Crippen LogP) is 3.63. The van der Waals surface area contributed by atoms with Crippen molar-refractivity contribution in [3.63, 3.8) is 0 Å². The zero-order chi connectivity index (χ0) is 13.0. The van der Waals surface area contributed by atoms with E-state index in [2.05, 4.69) is 4.74 Å². The van der Waals surface area contributed by atoms with Crippen molar-refractivity contribution in [3.05, 3.63) is 52.2 Å². The van der Waals surface area contributed by atoms with Gasteiger partial charge in [-0.25, -0.2) is 0 Å². The molecule has 18 heavy (non-hydrogen) atoms. The first-order valence-electron chi connectivity index (χ1n) is 5.41. The van der Waals surface area contributed by atoms with E-state index in [-0.39, 0.29) is 5.75 Å². The minimum atomic E-state index is -2.89. The topological polar surface area (TPSA) is 29.5 Å². The second-order valence-corrected chi connectivity index (χ2v) is 4.75. The highest BCUT2D eigenvalue weighted by Gasteiger charge is 2.16. The summed E-state index contributed by atoms with van der Waals surface area (Å²) in [4.78, 5) is 0.995. The van der Waals surface area contributed by atoms with Crippen LogP contribution < -0.4 is 4.74 Å². The minimum absolute atomic E-state index is 0.0246. The van der Waals surface area contributed by atoms with Crippen molar-refractivity contribution in [2.75, 3.05) is 0 Å². The summed E-state index contributed by atoms with van der Waals surface area (Å²) in [7, 11) is 0. The van der Waals surface area contributed by atoms with Gasteiger partial charge in [-0.15, -0.1) is 11.3 Å². The van der Waals surface area contributed by atoms with Gasteiger partial charge in [0.1, 0.15) is 5.75 Å². The van der Waals surface area contributed by atoms with Crippen molar-refractivity contribution in [1.29, 1.82) is 0 Å². The standard InChI is InChI=1S/C13H12F2O2S/c14-13(15)17-12-6-2-1-5-10(12)11(16)8-9-4-3-7-18-9/h1-7,11,13,16H,8H2. The van der Waals surface area contributed by atoms with Gasteiger partial charge in [-0.05, 0) is 17.5 Å². The van der Waals surface area contributed by atoms with Gasteiger partial charge in [0.25, 0.3) is 0 Å². The minimum Gasteiger partial charge on any atom is -0.434 e. The van der Waals surface area contributed by atoms with Gasteiger partial charge in [-0.2, -0.15) is 8.78 Å². The lowest BCUT2D eigenvalue weighted by atomic mass is 10.0. The fourth-order valence-corrected chi connectivity index (χ4v) is 2.43. The predicted molar refractivity (Wildman–Crippen MR) is 66.1 cm³/mol. The van der Waals surface area contributed by atoms with Gasteiger partial charge in [0.15, 0.2) is 0 Å². The van der Waals surface area contributed by atoms with Gasteiger partial charge in [0.05, 0.1) is 6.10 Å². The summed E-state index contributed by atoms with van der Waals surface area (Å²) < 4.78 is 28.9. The molecule has 96 valence electrons. The molecule has 0 aliphatic heterocycles. The number of alkyl halides is 2. The van der Waals surface area contributed by atoms with E-state index in [4.69, 9.17) is 0 Å². The summed E-state index contributed by atoms with van der Waals surface area (Å²) in [5, 5.41) is 12.0. The van der Waals surface area contributed by atoms with Crippen LogP contribution in [0.25, 0.3) is 0 Å². The number of thiophene rings is 1. The summed E-state index contributed by atoms with van der Waals surface area (Å²) >= 11 is 1.52. The molecule has 0 saturated heterocycles. The second-order valence-electron chi connectivity index (χ2n) is 3.72. The Bertz CT molecular complexity index is 485. The number of halogens is 2. The number of para-hydroxylation sites is 1. The maximum absolute atomic E-state index is 12.2. The fraction of sp³-hybridized carbons (Fsp3) is 0.231. The van der Waals surface area contributed by atoms with E-state index in [9.17, 15) is 13.9 Å². The van der Waals surface area contributed by atoms with E-state index in [1.165, 1.54) is 17.4 Å². The molecular formula is C13H12F2O2S. The van der Waals surface area contributed by atoms with Crippen LogP contribution in [0.5, 0.6) is 5.75 Å². The van der Waals surface area contributed by atoms with Crippen LogP contribution >= 0.6 is 11.3 Å². The third-order valence-corrected chi connectivity index (χ3v) is 3.37. The molecule has 0 bridgehead atoms. The zero-order valence-electron chi connectivity index (χ0n) is 9.42. The number of aliphatic hydroxyl groups excluding tert-OH is 1. The molecule has 1 unspecified atom stereocenters. The largest absolute Gasteiger partial charge is 0.434 e. The van der Waals surface area contributed by atoms with Crippen LogP contribution in [0.3, 0.4) is 0 Å². The van der Waals surface area contributed by atoms with E-state index in [0.717, 1.165) is 4.88 Å². The van der Waals surface area contributed by atoms with E-state index in [1.807, 2.05) is 17.5 Å². The van der Waals surface area contributed by atoms with Crippen LogP contribution in [0, 0.1) is 0 Å². The van der Waals surface area contributed by atoms with E-state index < -0.39 is 12.7 Å². The summed E-state index contributed by atoms with van der Waals surface area (Å²) in [5.74, 6) is 0.0246. The maximum atomic E-state index is 12.2. The quantitative estimate of drug-likeness (QED) is 0.899. The highest BCUT2D eigenvalue weighted by Crippen LogP contribution is 2.29. The number of aliphatic hydroxyl groups is 1. The molecule has 1 aromatic heterocycles. The molecule has 1 aromatic carbocycles. The number of hydrogen-bond acceptors (Lipinski definition) is 3. The van der Waals surface area contributed by atoms with Crippen LogP contribution in [0.1, 0.15) is 16.5 Å². The molecule has 0 amide bonds. The molecule has 1 N–H and O–H groups in total. The Labute approximate surface area is 107 Å². The van der Waals surface area contributed by atoms with Crippen molar-refractivity contribution in [2.45, 2.75) is 19.1 Å². The lowest BCUT2D eigenvalue weighted by molar-refractivity contribution is -0.0515. The van der Waals surface area contributed by atoms with Crippen LogP contribution in [0.2, 0.25) is 0 Å². The monoisotopic (exact) mass is 270 g/mol. The lowest BCUT2D eigenvalue weighted by Crippen LogP contribution is -2.08. The number of ether oxygens (including phenoxy) is 1. The average molecular weight is 270 g/mol. The van der Waals surface area contributed by atoms with Crippen molar-refractivity contribution < 1.29 is 18.6 Å². The first-order chi connectivity index (χ1) is 8.66. The maximum Gasteiger partial charge on any atom is 0.387 e. The van der Waals surface area contributed by atoms with Gasteiger partial charge >= 0.3 is 6.61 Å². The molecule has 2 nitrogen and oxygen atoms in total. The first-order valence-corrected chi connectivity index (χ1v) is 6.29. The molecule has 0 fully saturated rings. The van der Waals surface area contributed by atoms with Crippen molar-refractivity contribution >= 4 is 11.3 Å². The Balaban J connectivity index is 2.16. The molecule has 0 aliphatic carbocycles. The molecule has 1 atom stereocenters. The van der Waals surface area contributed by atoms with Crippen LogP contribution in [0.4, 0.5) is 8.78 Å². The Morgan fingerprint density at radius 1 is 1.17 bits per heavy atom. The molecule has 2 aromatic rings. The molecule has 5 heteroatoms. The zero-order valence-corrected chi connectivity index (χ0v) is 10.2. The Hall–Kier alpha value is -1.46. The second kappa shape index (κ2) is 5.93. The first kappa shape index (κ1) is 13.0. The SMILES string of the molecule is OC(Cc1cccs1)c1ccccc1OC(F)F. The van der Waals surface area contributed by atoms with Gasteiger partial charge < -0.3 is 9.84 Å². The number of rotatable bonds is 5. The van der Waals surface area contributed by atoms with Crippen molar-refractivity contribution in [1.82, 2.24) is 0 Å². The van der Waals surface area contributed by atoms with E-state index in [1.54, 1.807) is 18.2 Å². The molecule has 0 spiro atoms. The van der Waals surface area contributed by atoms with E-state index in [0.29, 0.717) is 12.0 Å². The number of hydrogen-bond donors (Lipinski definition) is 1. The fourth-order valence-electron chi connectivity index (χ4n) is 1.69. The highest BCUT2D eigenvalue weighted by molar-refractivity contribution is 7.09. The Morgan fingerprint density at radius 2 is 1.94 bits per heavy atom. The van der Waals surface area contributed by atoms with Crippen molar-refractivity contribution in [2.24, 2.45) is 0 Å². The Morgan fingerprint density at radius 3 is 2.61 bits per heavy atom. The van der Waals surface area contributed by atoms with Gasteiger partial charge in [-0.3, -0.25) is 0 Å². The van der Waals surface area contributed by atoms with Gasteiger partial charge in [-0.1, -0.05) is 24.3 Å². The normalized spacial score (nSPS) is 12.7. The third-order valence-electron chi connectivity index (χ3n) is 2.47. The van der Waals surface area contributed by atoms with Crippen LogP contribution in [-0.2, 0) is 6.42 Å². The van der Waals surface area contributed by atoms with Gasteiger partial charge in [0.2, 0.25) is 0 Å². The van der Waals surface area contributed by atoms with E-state index >= 15 is 0 Å². The molecule has 0 radical (unpaired) electrons. The molecule has 0 saturated carbocycles. The molecule has 0 aliphatic rings. The lowest BCUT2D eigenvalue weighted by Gasteiger charge is -2.15. The third kappa shape index (κ3) is 3.27. The number of benzene rings is 1. The highest BCUT2D eigenvalue weighted by atomic mass is 32.1. The molecule has 2 rings (SSSR count). The van der Waals surface area contributed by atoms with Crippen molar-refractivity contribution in [3.8, 4) is 5.75 Å². The average Bonchev–Trinajstić information content (AvgIpc) is 2.81. The summed E-state index contributed by atoms with van der Waals surface area (Å²) in [6.45, 7) is -2.89. The summed E-state index contributed by atoms with van der Waals surface area (Å²) in [5.41, 5.74) is 0.381. The van der Waals surface area contributed by atoms with Crippen LogP contribution in [-0.4, -0.2) is 11.7 Å². The molecule has 1 heterocycles. The smallest absolute Gasteiger partial charge is 0.387 e.